The molecule has 0 aromatic heterocycles. The number of rotatable bonds is 7. The third kappa shape index (κ3) is 4.85. The number of nitrogens with one attached hydrogen (secondary N) is 2. The molecule has 1 aromatic carbocycles. The first kappa shape index (κ1) is 17.1. The predicted octanol–water partition coefficient (Wildman–Crippen LogP) is 1.14. The molecule has 0 bridgehead atoms. The van der Waals surface area contributed by atoms with E-state index in [-0.39, 0.29) is 18.0 Å². The number of carbonyl (C=O) groups excluding carboxylic acids is 2. The number of hydrogen-bond acceptors (Lipinski definition) is 4. The summed E-state index contributed by atoms with van der Waals surface area (Å²) in [6.45, 7) is 1.62. The van der Waals surface area contributed by atoms with Crippen molar-refractivity contribution in [3.05, 3.63) is 24.3 Å². The van der Waals surface area contributed by atoms with Crippen molar-refractivity contribution in [1.82, 2.24) is 10.6 Å². The smallest absolute Gasteiger partial charge is 0.315 e. The van der Waals surface area contributed by atoms with E-state index in [1.165, 1.54) is 0 Å². The van der Waals surface area contributed by atoms with Gasteiger partial charge in [0.15, 0.2) is 0 Å². The summed E-state index contributed by atoms with van der Waals surface area (Å²) >= 11 is 0. The minimum Gasteiger partial charge on any atom is -0.497 e. The summed E-state index contributed by atoms with van der Waals surface area (Å²) in [5.74, 6) is 0.741. The summed E-state index contributed by atoms with van der Waals surface area (Å²) < 4.78 is 10.0. The maximum atomic E-state index is 12.1. The highest BCUT2D eigenvalue weighted by Gasteiger charge is 2.31. The Morgan fingerprint density at radius 1 is 1.30 bits per heavy atom. The van der Waals surface area contributed by atoms with Crippen LogP contribution in [0.4, 0.5) is 10.5 Å². The van der Waals surface area contributed by atoms with E-state index in [1.807, 2.05) is 24.3 Å². The van der Waals surface area contributed by atoms with E-state index in [4.69, 9.17) is 9.47 Å². The molecule has 1 heterocycles. The molecule has 126 valence electrons. The number of anilines is 1. The number of benzene rings is 1. The van der Waals surface area contributed by atoms with Crippen LogP contribution < -0.4 is 20.3 Å². The Morgan fingerprint density at radius 2 is 2.04 bits per heavy atom. The van der Waals surface area contributed by atoms with Crippen molar-refractivity contribution in [3.63, 3.8) is 0 Å². The van der Waals surface area contributed by atoms with Gasteiger partial charge >= 0.3 is 6.03 Å². The Labute approximate surface area is 135 Å². The van der Waals surface area contributed by atoms with Crippen molar-refractivity contribution >= 4 is 17.6 Å². The van der Waals surface area contributed by atoms with Crippen LogP contribution in [0.15, 0.2) is 24.3 Å². The fourth-order valence-electron chi connectivity index (χ4n) is 2.47. The van der Waals surface area contributed by atoms with Crippen molar-refractivity contribution in [2.45, 2.75) is 18.9 Å². The normalized spacial score (nSPS) is 17.2. The zero-order valence-electron chi connectivity index (χ0n) is 13.5. The van der Waals surface area contributed by atoms with Crippen molar-refractivity contribution in [3.8, 4) is 5.75 Å². The monoisotopic (exact) mass is 321 g/mol. The zero-order valence-corrected chi connectivity index (χ0v) is 13.5. The SMILES string of the molecule is COCCCNC(=O)N[C@@H]1CC(=O)N(c2ccc(OC)cc2)C1. The molecule has 1 saturated heterocycles. The van der Waals surface area contributed by atoms with Gasteiger partial charge in [-0.05, 0) is 30.7 Å². The number of methoxy groups -OCH3 is 2. The van der Waals surface area contributed by atoms with E-state index in [0.717, 1.165) is 17.9 Å². The highest BCUT2D eigenvalue weighted by Crippen LogP contribution is 2.24. The fraction of sp³-hybridized carbons (Fsp3) is 0.500. The number of ether oxygens (including phenoxy) is 2. The van der Waals surface area contributed by atoms with Crippen LogP contribution in [0, 0.1) is 0 Å². The molecule has 0 unspecified atom stereocenters. The Hall–Kier alpha value is -2.28. The lowest BCUT2D eigenvalue weighted by atomic mass is 10.2. The number of amides is 3. The van der Waals surface area contributed by atoms with Crippen LogP contribution in [-0.2, 0) is 9.53 Å². The lowest BCUT2D eigenvalue weighted by molar-refractivity contribution is -0.117. The van der Waals surface area contributed by atoms with E-state index >= 15 is 0 Å². The lowest BCUT2D eigenvalue weighted by Crippen LogP contribution is -2.43. The molecule has 0 aliphatic carbocycles. The minimum atomic E-state index is -0.254. The molecule has 1 aliphatic heterocycles. The minimum absolute atomic E-state index is 0.000139. The van der Waals surface area contributed by atoms with Crippen LogP contribution in [0.1, 0.15) is 12.8 Å². The summed E-state index contributed by atoms with van der Waals surface area (Å²) in [5, 5.41) is 5.58. The fourth-order valence-corrected chi connectivity index (χ4v) is 2.47. The summed E-state index contributed by atoms with van der Waals surface area (Å²) in [6, 6.07) is 6.86. The van der Waals surface area contributed by atoms with Gasteiger partial charge in [-0.25, -0.2) is 4.79 Å². The topological polar surface area (TPSA) is 79.9 Å². The van der Waals surface area contributed by atoms with Crippen molar-refractivity contribution in [1.29, 1.82) is 0 Å². The summed E-state index contributed by atoms with van der Waals surface area (Å²) in [5.41, 5.74) is 0.806. The van der Waals surface area contributed by atoms with Crippen molar-refractivity contribution in [2.24, 2.45) is 0 Å². The highest BCUT2D eigenvalue weighted by atomic mass is 16.5. The maximum absolute atomic E-state index is 12.1. The van der Waals surface area contributed by atoms with Gasteiger partial charge in [0.2, 0.25) is 5.91 Å². The number of nitrogens with zero attached hydrogens (tertiary/aromatic N) is 1. The molecular weight excluding hydrogens is 298 g/mol. The quantitative estimate of drug-likeness (QED) is 0.738. The number of carbonyl (C=O) groups is 2. The molecule has 1 fully saturated rings. The van der Waals surface area contributed by atoms with Gasteiger partial charge in [0.25, 0.3) is 0 Å². The van der Waals surface area contributed by atoms with Gasteiger partial charge in [-0.3, -0.25) is 4.79 Å². The standard InChI is InChI=1S/C16H23N3O4/c1-22-9-3-8-17-16(21)18-12-10-15(20)19(11-12)13-4-6-14(23-2)7-5-13/h4-7,12H,3,8-11H2,1-2H3,(H2,17,18,21)/t12-/m1/s1. The highest BCUT2D eigenvalue weighted by molar-refractivity contribution is 5.96. The van der Waals surface area contributed by atoms with Crippen LogP contribution in [0.3, 0.4) is 0 Å². The predicted molar refractivity (Wildman–Crippen MR) is 86.8 cm³/mol. The van der Waals surface area contributed by atoms with Gasteiger partial charge < -0.3 is 25.0 Å². The Bertz CT molecular complexity index is 533. The molecule has 23 heavy (non-hydrogen) atoms. The van der Waals surface area contributed by atoms with Crippen LogP contribution in [0.5, 0.6) is 5.75 Å². The Kier molecular flexibility index (Phi) is 6.22. The second-order valence-corrected chi connectivity index (χ2v) is 5.35. The average Bonchev–Trinajstić information content (AvgIpc) is 2.92. The van der Waals surface area contributed by atoms with Crippen LogP contribution >= 0.6 is 0 Å². The van der Waals surface area contributed by atoms with E-state index in [9.17, 15) is 9.59 Å². The second-order valence-electron chi connectivity index (χ2n) is 5.35. The van der Waals surface area contributed by atoms with Gasteiger partial charge in [-0.1, -0.05) is 0 Å². The first-order valence-corrected chi connectivity index (χ1v) is 7.61. The molecule has 0 radical (unpaired) electrons. The molecule has 2 N–H and O–H groups in total. The number of hydrogen-bond donors (Lipinski definition) is 2. The zero-order chi connectivity index (χ0) is 16.7. The molecule has 0 spiro atoms. The molecule has 7 heteroatoms. The van der Waals surface area contributed by atoms with Crippen LogP contribution in [0.2, 0.25) is 0 Å². The van der Waals surface area contributed by atoms with E-state index in [2.05, 4.69) is 10.6 Å². The molecule has 7 nitrogen and oxygen atoms in total. The van der Waals surface area contributed by atoms with E-state index in [0.29, 0.717) is 26.1 Å². The van der Waals surface area contributed by atoms with Crippen LogP contribution in [-0.4, -0.2) is 51.9 Å². The van der Waals surface area contributed by atoms with Crippen molar-refractivity contribution in [2.75, 3.05) is 38.8 Å². The largest absolute Gasteiger partial charge is 0.497 e. The third-order valence-electron chi connectivity index (χ3n) is 3.66. The summed E-state index contributed by atoms with van der Waals surface area (Å²) in [6.07, 6.45) is 1.06. The molecule has 1 atom stereocenters. The summed E-state index contributed by atoms with van der Waals surface area (Å²) in [7, 11) is 3.22. The molecule has 1 aliphatic rings. The Morgan fingerprint density at radius 3 is 2.70 bits per heavy atom. The average molecular weight is 321 g/mol. The van der Waals surface area contributed by atoms with Gasteiger partial charge in [0, 0.05) is 38.9 Å². The number of urea groups is 1. The van der Waals surface area contributed by atoms with Crippen molar-refractivity contribution < 1.29 is 19.1 Å². The molecule has 3 amide bonds. The first-order chi connectivity index (χ1) is 11.1. The van der Waals surface area contributed by atoms with E-state index in [1.54, 1.807) is 19.1 Å². The van der Waals surface area contributed by atoms with Gasteiger partial charge in [0.05, 0.1) is 13.2 Å². The van der Waals surface area contributed by atoms with Crippen LogP contribution in [0.25, 0.3) is 0 Å². The molecular formula is C16H23N3O4. The Balaban J connectivity index is 1.83. The molecule has 0 saturated carbocycles. The molecule has 1 aromatic rings. The summed E-state index contributed by atoms with van der Waals surface area (Å²) in [4.78, 5) is 25.6. The van der Waals surface area contributed by atoms with Gasteiger partial charge in [-0.2, -0.15) is 0 Å². The first-order valence-electron chi connectivity index (χ1n) is 7.61. The van der Waals surface area contributed by atoms with Gasteiger partial charge in [0.1, 0.15) is 5.75 Å². The lowest BCUT2D eigenvalue weighted by Gasteiger charge is -2.17. The van der Waals surface area contributed by atoms with Gasteiger partial charge in [-0.15, -0.1) is 0 Å². The molecule has 2 rings (SSSR count). The second kappa shape index (κ2) is 8.38. The third-order valence-corrected chi connectivity index (χ3v) is 3.66. The maximum Gasteiger partial charge on any atom is 0.315 e. The van der Waals surface area contributed by atoms with E-state index < -0.39 is 0 Å².